The number of hydrogen-bond donors (Lipinski definition) is 3. The van der Waals surface area contributed by atoms with Crippen molar-refractivity contribution in [3.63, 3.8) is 0 Å². The summed E-state index contributed by atoms with van der Waals surface area (Å²) in [6.45, 7) is 10.4. The Morgan fingerprint density at radius 3 is 2.30 bits per heavy atom. The second-order valence-corrected chi connectivity index (χ2v) is 10.9. The summed E-state index contributed by atoms with van der Waals surface area (Å²) in [5, 5.41) is 15.4. The van der Waals surface area contributed by atoms with E-state index < -0.39 is 41.6 Å². The molecular formula is C27H41N3O7. The molecule has 2 atom stereocenters. The topological polar surface area (TPSA) is 134 Å². The summed E-state index contributed by atoms with van der Waals surface area (Å²) in [4.78, 5) is 53.5. The van der Waals surface area contributed by atoms with Crippen molar-refractivity contribution in [2.24, 2.45) is 5.92 Å². The lowest BCUT2D eigenvalue weighted by molar-refractivity contribution is -0.148. The molecule has 1 fully saturated rings. The summed E-state index contributed by atoms with van der Waals surface area (Å²) in [6.07, 6.45) is 1.92. The second kappa shape index (κ2) is 12.8. The molecule has 1 aromatic carbocycles. The Morgan fingerprint density at radius 1 is 1.16 bits per heavy atom. The zero-order valence-electron chi connectivity index (χ0n) is 22.9. The van der Waals surface area contributed by atoms with E-state index in [0.29, 0.717) is 30.4 Å². The number of rotatable bonds is 10. The van der Waals surface area contributed by atoms with Gasteiger partial charge in [0.2, 0.25) is 11.8 Å². The Bertz CT molecular complexity index is 983. The molecule has 1 aromatic rings. The number of benzene rings is 1. The van der Waals surface area contributed by atoms with Crippen LogP contribution in [-0.4, -0.2) is 65.2 Å². The molecule has 206 valence electrons. The highest BCUT2D eigenvalue weighted by Crippen LogP contribution is 2.35. The number of alkyl carbamates (subject to hydrolysis) is 1. The maximum atomic E-state index is 14.1. The minimum absolute atomic E-state index is 0.0586. The average molecular weight is 520 g/mol. The number of carbonyl (C=O) groups excluding carboxylic acids is 4. The van der Waals surface area contributed by atoms with Crippen LogP contribution in [0.15, 0.2) is 18.2 Å². The number of phenols is 1. The molecule has 3 amide bonds. The van der Waals surface area contributed by atoms with Gasteiger partial charge in [-0.3, -0.25) is 14.4 Å². The first-order valence-corrected chi connectivity index (χ1v) is 12.7. The number of carbonyl (C=O) groups is 4. The number of nitrogens with zero attached hydrogens (tertiary/aromatic N) is 1. The largest absolute Gasteiger partial charge is 0.508 e. The highest BCUT2D eigenvalue weighted by atomic mass is 16.6. The molecule has 10 heteroatoms. The Hall–Kier alpha value is -3.30. The lowest BCUT2D eigenvalue weighted by atomic mass is 9.87. The minimum atomic E-state index is -1.09. The van der Waals surface area contributed by atoms with Gasteiger partial charge >= 0.3 is 12.1 Å². The average Bonchev–Trinajstić information content (AvgIpc) is 2.75. The molecule has 1 aliphatic carbocycles. The van der Waals surface area contributed by atoms with Gasteiger partial charge in [0.15, 0.2) is 0 Å². The van der Waals surface area contributed by atoms with Crippen LogP contribution in [0, 0.1) is 12.8 Å². The third kappa shape index (κ3) is 8.65. The number of ether oxygens (including phenoxy) is 2. The smallest absolute Gasteiger partial charge is 0.408 e. The predicted molar refractivity (Wildman–Crippen MR) is 138 cm³/mol. The number of aryl methyl sites for hydroxylation is 1. The zero-order chi connectivity index (χ0) is 27.9. The first kappa shape index (κ1) is 29.9. The molecule has 0 heterocycles. The van der Waals surface area contributed by atoms with Crippen LogP contribution in [0.5, 0.6) is 5.75 Å². The van der Waals surface area contributed by atoms with E-state index in [-0.39, 0.29) is 24.3 Å². The standard InChI is InChI=1S/C27H41N3O7/c1-16(2)13-20(29-26(35)37-27(4,5)6)25(34)30(19-9-8-10-19)23(24(33)28-15-22(32)36-7)18-11-12-21(31)17(3)14-18/h11-12,14,16,19-20,23,31H,8-10,13,15H2,1-7H3,(H,28,33)(H,29,35). The third-order valence-corrected chi connectivity index (χ3v) is 6.12. The van der Waals surface area contributed by atoms with Gasteiger partial charge in [-0.15, -0.1) is 0 Å². The van der Waals surface area contributed by atoms with Crippen molar-refractivity contribution in [3.05, 3.63) is 29.3 Å². The normalized spacial score (nSPS) is 15.2. The third-order valence-electron chi connectivity index (χ3n) is 6.12. The Morgan fingerprint density at radius 2 is 1.81 bits per heavy atom. The maximum Gasteiger partial charge on any atom is 0.408 e. The summed E-state index contributed by atoms with van der Waals surface area (Å²) in [6, 6.07) is 2.46. The van der Waals surface area contributed by atoms with E-state index in [0.717, 1.165) is 6.42 Å². The molecule has 0 spiro atoms. The molecule has 3 N–H and O–H groups in total. The van der Waals surface area contributed by atoms with Gasteiger partial charge in [-0.2, -0.15) is 0 Å². The molecule has 0 aromatic heterocycles. The van der Waals surface area contributed by atoms with Gasteiger partial charge in [-0.05, 0) is 82.6 Å². The summed E-state index contributed by atoms with van der Waals surface area (Å²) < 4.78 is 10.0. The first-order chi connectivity index (χ1) is 17.2. The molecule has 1 aliphatic rings. The molecule has 10 nitrogen and oxygen atoms in total. The van der Waals surface area contributed by atoms with Crippen molar-refractivity contribution in [2.75, 3.05) is 13.7 Å². The minimum Gasteiger partial charge on any atom is -0.508 e. The predicted octanol–water partition coefficient (Wildman–Crippen LogP) is 3.35. The van der Waals surface area contributed by atoms with Crippen molar-refractivity contribution in [2.45, 2.75) is 91.0 Å². The van der Waals surface area contributed by atoms with Crippen LogP contribution in [0.25, 0.3) is 0 Å². The van der Waals surface area contributed by atoms with E-state index in [4.69, 9.17) is 4.74 Å². The van der Waals surface area contributed by atoms with Gasteiger partial charge in [0.05, 0.1) is 7.11 Å². The summed E-state index contributed by atoms with van der Waals surface area (Å²) in [5.74, 6) is -1.47. The van der Waals surface area contributed by atoms with Gasteiger partial charge < -0.3 is 30.1 Å². The van der Waals surface area contributed by atoms with Crippen molar-refractivity contribution < 1.29 is 33.8 Å². The number of amides is 3. The van der Waals surface area contributed by atoms with E-state index in [2.05, 4.69) is 15.4 Å². The fourth-order valence-electron chi connectivity index (χ4n) is 4.12. The monoisotopic (exact) mass is 519 g/mol. The molecule has 0 bridgehead atoms. The first-order valence-electron chi connectivity index (χ1n) is 12.7. The van der Waals surface area contributed by atoms with Crippen LogP contribution < -0.4 is 10.6 Å². The van der Waals surface area contributed by atoms with Gasteiger partial charge in [0.25, 0.3) is 0 Å². The molecule has 1 saturated carbocycles. The van der Waals surface area contributed by atoms with E-state index >= 15 is 0 Å². The van der Waals surface area contributed by atoms with Gasteiger partial charge in [-0.25, -0.2) is 4.79 Å². The number of methoxy groups -OCH3 is 1. The Labute approximate surface area is 219 Å². The van der Waals surface area contributed by atoms with Crippen LogP contribution in [0.2, 0.25) is 0 Å². The van der Waals surface area contributed by atoms with Crippen molar-refractivity contribution in [1.29, 1.82) is 0 Å². The molecule has 0 aliphatic heterocycles. The van der Waals surface area contributed by atoms with E-state index in [1.165, 1.54) is 18.1 Å². The highest BCUT2D eigenvalue weighted by molar-refractivity contribution is 5.93. The number of hydrogen-bond acceptors (Lipinski definition) is 7. The quantitative estimate of drug-likeness (QED) is 0.404. The van der Waals surface area contributed by atoms with E-state index in [9.17, 15) is 24.3 Å². The van der Waals surface area contributed by atoms with Crippen molar-refractivity contribution in [3.8, 4) is 5.75 Å². The lowest BCUT2D eigenvalue weighted by Gasteiger charge is -2.43. The number of esters is 1. The summed E-state index contributed by atoms with van der Waals surface area (Å²) in [5.41, 5.74) is 0.275. The molecule has 0 saturated heterocycles. The molecule has 2 unspecified atom stereocenters. The molecule has 37 heavy (non-hydrogen) atoms. The van der Waals surface area contributed by atoms with Crippen molar-refractivity contribution in [1.82, 2.24) is 15.5 Å². The highest BCUT2D eigenvalue weighted by Gasteiger charge is 2.42. The SMILES string of the molecule is COC(=O)CNC(=O)C(c1ccc(O)c(C)c1)N(C(=O)C(CC(C)C)NC(=O)OC(C)(C)C)C1CCC1. The fraction of sp³-hybridized carbons (Fsp3) is 0.630. The van der Waals surface area contributed by atoms with Gasteiger partial charge in [0, 0.05) is 6.04 Å². The van der Waals surface area contributed by atoms with E-state index in [1.807, 2.05) is 13.8 Å². The van der Waals surface area contributed by atoms with Crippen LogP contribution in [-0.2, 0) is 23.9 Å². The van der Waals surface area contributed by atoms with Crippen LogP contribution in [0.1, 0.15) is 77.5 Å². The fourth-order valence-corrected chi connectivity index (χ4v) is 4.12. The zero-order valence-corrected chi connectivity index (χ0v) is 22.9. The van der Waals surface area contributed by atoms with Crippen molar-refractivity contribution >= 4 is 23.9 Å². The van der Waals surface area contributed by atoms with Crippen LogP contribution >= 0.6 is 0 Å². The lowest BCUT2D eigenvalue weighted by Crippen LogP contribution is -2.58. The van der Waals surface area contributed by atoms with Gasteiger partial charge in [0.1, 0.15) is 30.0 Å². The number of aromatic hydroxyl groups is 1. The van der Waals surface area contributed by atoms with E-state index in [1.54, 1.807) is 39.8 Å². The van der Waals surface area contributed by atoms with Crippen LogP contribution in [0.3, 0.4) is 0 Å². The number of phenolic OH excluding ortho intramolecular Hbond substituents is 1. The van der Waals surface area contributed by atoms with Crippen LogP contribution in [0.4, 0.5) is 4.79 Å². The molecule has 2 rings (SSSR count). The summed E-state index contributed by atoms with van der Waals surface area (Å²) in [7, 11) is 1.22. The molecule has 0 radical (unpaired) electrons. The second-order valence-electron chi connectivity index (χ2n) is 10.9. The Balaban J connectivity index is 2.50. The summed E-state index contributed by atoms with van der Waals surface area (Å²) >= 11 is 0. The maximum absolute atomic E-state index is 14.1. The Kier molecular flexibility index (Phi) is 10.3. The van der Waals surface area contributed by atoms with Gasteiger partial charge in [-0.1, -0.05) is 19.9 Å². The molecular weight excluding hydrogens is 478 g/mol. The number of nitrogens with one attached hydrogen (secondary N) is 2.